The summed E-state index contributed by atoms with van der Waals surface area (Å²) in [5.74, 6) is -0.320. The highest BCUT2D eigenvalue weighted by Gasteiger charge is 2.19. The van der Waals surface area contributed by atoms with Gasteiger partial charge in [0.15, 0.2) is 0 Å². The molecule has 1 aromatic heterocycles. The molecule has 0 amide bonds. The van der Waals surface area contributed by atoms with Crippen molar-refractivity contribution in [1.82, 2.24) is 0 Å². The summed E-state index contributed by atoms with van der Waals surface area (Å²) in [6, 6.07) is 11.8. The van der Waals surface area contributed by atoms with Gasteiger partial charge in [0.1, 0.15) is 16.9 Å². The summed E-state index contributed by atoms with van der Waals surface area (Å²) in [5.41, 5.74) is 0.844. The first-order valence-electron chi connectivity index (χ1n) is 7.04. The van der Waals surface area contributed by atoms with Crippen LogP contribution in [0.3, 0.4) is 0 Å². The van der Waals surface area contributed by atoms with Crippen LogP contribution in [0, 0.1) is 0 Å². The Labute approximate surface area is 142 Å². The number of methoxy groups -OCH3 is 2. The van der Waals surface area contributed by atoms with Gasteiger partial charge >= 0.3 is 11.6 Å². The molecule has 0 aliphatic carbocycles. The van der Waals surface area contributed by atoms with Crippen molar-refractivity contribution in [2.24, 2.45) is 0 Å². The summed E-state index contributed by atoms with van der Waals surface area (Å²) >= 11 is 6.27. The third kappa shape index (κ3) is 2.74. The first-order valence-corrected chi connectivity index (χ1v) is 7.42. The van der Waals surface area contributed by atoms with Gasteiger partial charge in [0.2, 0.25) is 0 Å². The fraction of sp³-hybridized carbons (Fsp3) is 0.111. The maximum atomic E-state index is 12.3. The summed E-state index contributed by atoms with van der Waals surface area (Å²) in [4.78, 5) is 24.1. The number of carbonyl (C=O) groups excluding carboxylic acids is 1. The normalized spacial score (nSPS) is 10.6. The number of halogens is 1. The van der Waals surface area contributed by atoms with Crippen LogP contribution in [0.15, 0.2) is 51.7 Å². The maximum absolute atomic E-state index is 12.3. The van der Waals surface area contributed by atoms with Crippen molar-refractivity contribution in [3.05, 3.63) is 63.5 Å². The second-order valence-corrected chi connectivity index (χ2v) is 5.42. The van der Waals surface area contributed by atoms with Crippen LogP contribution in [0.5, 0.6) is 5.75 Å². The lowest BCUT2D eigenvalue weighted by Crippen LogP contribution is -2.07. The molecule has 0 N–H and O–H groups in total. The molecular weight excluding hydrogens is 332 g/mol. The van der Waals surface area contributed by atoms with E-state index in [1.54, 1.807) is 18.2 Å². The predicted octanol–water partition coefficient (Wildman–Crippen LogP) is 3.91. The lowest BCUT2D eigenvalue weighted by molar-refractivity contribution is 0.0597. The molecule has 0 bridgehead atoms. The molecule has 122 valence electrons. The van der Waals surface area contributed by atoms with E-state index in [0.717, 1.165) is 5.39 Å². The van der Waals surface area contributed by atoms with Crippen molar-refractivity contribution in [3.8, 4) is 16.9 Å². The second-order valence-electron chi connectivity index (χ2n) is 5.01. The third-order valence-electron chi connectivity index (χ3n) is 3.63. The molecule has 2 aromatic carbocycles. The molecule has 3 aromatic rings. The summed E-state index contributed by atoms with van der Waals surface area (Å²) < 4.78 is 15.3. The monoisotopic (exact) mass is 344 g/mol. The topological polar surface area (TPSA) is 65.7 Å². The second kappa shape index (κ2) is 6.37. The number of rotatable bonds is 3. The summed E-state index contributed by atoms with van der Waals surface area (Å²) in [6.45, 7) is 0. The summed E-state index contributed by atoms with van der Waals surface area (Å²) in [6.07, 6.45) is 0. The molecule has 0 saturated heterocycles. The van der Waals surface area contributed by atoms with Crippen LogP contribution < -0.4 is 10.4 Å². The van der Waals surface area contributed by atoms with E-state index in [1.165, 1.54) is 26.4 Å². The molecule has 0 aliphatic heterocycles. The van der Waals surface area contributed by atoms with Crippen LogP contribution in [0.2, 0.25) is 5.02 Å². The molecule has 0 saturated carbocycles. The van der Waals surface area contributed by atoms with Crippen molar-refractivity contribution < 1.29 is 18.7 Å². The molecule has 0 atom stereocenters. The van der Waals surface area contributed by atoms with Gasteiger partial charge in [-0.1, -0.05) is 29.8 Å². The number of hydrogen-bond acceptors (Lipinski definition) is 5. The van der Waals surface area contributed by atoms with E-state index in [2.05, 4.69) is 0 Å². The summed E-state index contributed by atoms with van der Waals surface area (Å²) in [7, 11) is 2.68. The number of carbonyl (C=O) groups is 1. The quantitative estimate of drug-likeness (QED) is 0.532. The SMILES string of the molecule is COC(=O)c1cc(Cl)c(-c2cc3ccccc3oc2=O)cc1OC. The van der Waals surface area contributed by atoms with E-state index in [9.17, 15) is 9.59 Å². The number of esters is 1. The zero-order valence-corrected chi connectivity index (χ0v) is 13.7. The molecular formula is C18H13ClO5. The third-order valence-corrected chi connectivity index (χ3v) is 3.94. The van der Waals surface area contributed by atoms with Gasteiger partial charge in [-0.25, -0.2) is 9.59 Å². The molecule has 0 aliphatic rings. The summed E-state index contributed by atoms with van der Waals surface area (Å²) in [5, 5.41) is 0.984. The molecule has 0 spiro atoms. The molecule has 1 heterocycles. The van der Waals surface area contributed by atoms with Crippen molar-refractivity contribution in [2.45, 2.75) is 0 Å². The van der Waals surface area contributed by atoms with Crippen LogP contribution in [0.4, 0.5) is 0 Å². The molecule has 5 nitrogen and oxygen atoms in total. The average molecular weight is 345 g/mol. The Morgan fingerprint density at radius 3 is 2.54 bits per heavy atom. The molecule has 3 rings (SSSR count). The Morgan fingerprint density at radius 2 is 1.83 bits per heavy atom. The van der Waals surface area contributed by atoms with Gasteiger partial charge < -0.3 is 13.9 Å². The number of para-hydroxylation sites is 1. The minimum atomic E-state index is -0.578. The van der Waals surface area contributed by atoms with Gasteiger partial charge in [-0.15, -0.1) is 0 Å². The van der Waals surface area contributed by atoms with Crippen molar-refractivity contribution >= 4 is 28.5 Å². The molecule has 0 unspecified atom stereocenters. The minimum Gasteiger partial charge on any atom is -0.496 e. The molecule has 6 heteroatoms. The van der Waals surface area contributed by atoms with Crippen LogP contribution in [0.25, 0.3) is 22.1 Å². The Kier molecular flexibility index (Phi) is 4.27. The smallest absolute Gasteiger partial charge is 0.344 e. The molecule has 0 radical (unpaired) electrons. The van der Waals surface area contributed by atoms with Crippen LogP contribution in [-0.2, 0) is 4.74 Å². The predicted molar refractivity (Wildman–Crippen MR) is 90.8 cm³/mol. The van der Waals surface area contributed by atoms with Gasteiger partial charge in [0.05, 0.1) is 19.8 Å². The van der Waals surface area contributed by atoms with E-state index >= 15 is 0 Å². The van der Waals surface area contributed by atoms with Crippen molar-refractivity contribution in [3.63, 3.8) is 0 Å². The zero-order valence-electron chi connectivity index (χ0n) is 13.0. The van der Waals surface area contributed by atoms with Crippen molar-refractivity contribution in [2.75, 3.05) is 14.2 Å². The Bertz CT molecular complexity index is 990. The lowest BCUT2D eigenvalue weighted by Gasteiger charge is -2.11. The van der Waals surface area contributed by atoms with Gasteiger partial charge in [-0.3, -0.25) is 0 Å². The van der Waals surface area contributed by atoms with Crippen LogP contribution in [0.1, 0.15) is 10.4 Å². The van der Waals surface area contributed by atoms with E-state index in [-0.39, 0.29) is 21.9 Å². The van der Waals surface area contributed by atoms with E-state index in [4.69, 9.17) is 25.5 Å². The lowest BCUT2D eigenvalue weighted by atomic mass is 10.0. The first kappa shape index (κ1) is 16.1. The highest BCUT2D eigenvalue weighted by Crippen LogP contribution is 2.34. The fourth-order valence-electron chi connectivity index (χ4n) is 2.45. The zero-order chi connectivity index (χ0) is 17.3. The van der Waals surface area contributed by atoms with E-state index in [1.807, 2.05) is 12.1 Å². The Hall–Kier alpha value is -2.79. The standard InChI is InChI=1S/C18H13ClO5/c1-22-16-9-11(14(19)8-13(16)17(20)23-2)12-7-10-5-3-4-6-15(10)24-18(12)21/h3-9H,1-2H3. The Balaban J connectivity index is 2.25. The minimum absolute atomic E-state index is 0.180. The van der Waals surface area contributed by atoms with Crippen LogP contribution in [-0.4, -0.2) is 20.2 Å². The van der Waals surface area contributed by atoms with Gasteiger partial charge in [0, 0.05) is 16.0 Å². The van der Waals surface area contributed by atoms with Gasteiger partial charge in [-0.2, -0.15) is 0 Å². The fourth-order valence-corrected chi connectivity index (χ4v) is 2.71. The number of ether oxygens (including phenoxy) is 2. The number of benzene rings is 2. The largest absolute Gasteiger partial charge is 0.496 e. The number of fused-ring (bicyclic) bond motifs is 1. The Morgan fingerprint density at radius 1 is 1.08 bits per heavy atom. The average Bonchev–Trinajstić information content (AvgIpc) is 2.60. The van der Waals surface area contributed by atoms with Crippen molar-refractivity contribution in [1.29, 1.82) is 0 Å². The van der Waals surface area contributed by atoms with E-state index in [0.29, 0.717) is 11.1 Å². The first-order chi connectivity index (χ1) is 11.5. The number of hydrogen-bond donors (Lipinski definition) is 0. The van der Waals surface area contributed by atoms with Crippen LogP contribution >= 0.6 is 11.6 Å². The highest BCUT2D eigenvalue weighted by molar-refractivity contribution is 6.33. The van der Waals surface area contributed by atoms with E-state index < -0.39 is 11.6 Å². The van der Waals surface area contributed by atoms with Gasteiger partial charge in [0.25, 0.3) is 0 Å². The maximum Gasteiger partial charge on any atom is 0.344 e. The van der Waals surface area contributed by atoms with Gasteiger partial charge in [-0.05, 0) is 24.3 Å². The molecule has 0 fully saturated rings. The molecule has 24 heavy (non-hydrogen) atoms. The highest BCUT2D eigenvalue weighted by atomic mass is 35.5.